The SMILES string of the molecule is CCCN1CCC2(CC1)Oc1c(C)cccc1[C@@H]1CC(c3ccc(Cl)cc3)=NN12. The van der Waals surface area contributed by atoms with Crippen LogP contribution >= 0.6 is 11.6 Å². The molecule has 29 heavy (non-hydrogen) atoms. The summed E-state index contributed by atoms with van der Waals surface area (Å²) < 4.78 is 6.81. The molecule has 0 unspecified atom stereocenters. The third-order valence-electron chi connectivity index (χ3n) is 6.58. The van der Waals surface area contributed by atoms with E-state index in [1.54, 1.807) is 0 Å². The number of ether oxygens (including phenoxy) is 1. The number of fused-ring (bicyclic) bond motifs is 4. The lowest BCUT2D eigenvalue weighted by molar-refractivity contribution is -0.150. The van der Waals surface area contributed by atoms with Crippen molar-refractivity contribution < 1.29 is 4.74 Å². The van der Waals surface area contributed by atoms with Gasteiger partial charge in [-0.1, -0.05) is 48.9 Å². The lowest BCUT2D eigenvalue weighted by atomic mass is 9.89. The van der Waals surface area contributed by atoms with Crippen LogP contribution in [0.4, 0.5) is 0 Å². The monoisotopic (exact) mass is 409 g/mol. The van der Waals surface area contributed by atoms with E-state index >= 15 is 0 Å². The van der Waals surface area contributed by atoms with Crippen LogP contribution in [-0.4, -0.2) is 41.0 Å². The Morgan fingerprint density at radius 1 is 1.14 bits per heavy atom. The summed E-state index contributed by atoms with van der Waals surface area (Å²) in [5.41, 5.74) is 4.41. The number of likely N-dealkylation sites (tertiary alicyclic amines) is 1. The Labute approximate surface area is 178 Å². The number of rotatable bonds is 3. The van der Waals surface area contributed by atoms with Crippen molar-refractivity contribution in [3.63, 3.8) is 0 Å². The summed E-state index contributed by atoms with van der Waals surface area (Å²) >= 11 is 6.11. The first-order valence-electron chi connectivity index (χ1n) is 10.7. The zero-order valence-electron chi connectivity index (χ0n) is 17.2. The summed E-state index contributed by atoms with van der Waals surface area (Å²) in [6, 6.07) is 14.8. The molecule has 152 valence electrons. The minimum Gasteiger partial charge on any atom is -0.466 e. The molecule has 0 N–H and O–H groups in total. The van der Waals surface area contributed by atoms with Crippen LogP contribution in [-0.2, 0) is 0 Å². The van der Waals surface area contributed by atoms with Crippen molar-refractivity contribution in [2.45, 2.75) is 51.3 Å². The van der Waals surface area contributed by atoms with Gasteiger partial charge in [0, 0.05) is 42.9 Å². The van der Waals surface area contributed by atoms with Gasteiger partial charge in [-0.25, -0.2) is 5.01 Å². The van der Waals surface area contributed by atoms with E-state index in [2.05, 4.69) is 54.1 Å². The lowest BCUT2D eigenvalue weighted by Gasteiger charge is -2.51. The van der Waals surface area contributed by atoms with Crippen LogP contribution < -0.4 is 4.74 Å². The van der Waals surface area contributed by atoms with Gasteiger partial charge in [0.1, 0.15) is 5.75 Å². The number of aryl methyl sites for hydroxylation is 1. The highest BCUT2D eigenvalue weighted by atomic mass is 35.5. The molecule has 3 heterocycles. The largest absolute Gasteiger partial charge is 0.466 e. The molecule has 0 aliphatic carbocycles. The van der Waals surface area contributed by atoms with Gasteiger partial charge in [0.2, 0.25) is 5.72 Å². The zero-order chi connectivity index (χ0) is 20.0. The Morgan fingerprint density at radius 2 is 1.90 bits per heavy atom. The molecule has 2 aromatic rings. The second-order valence-corrected chi connectivity index (χ2v) is 8.94. The maximum Gasteiger partial charge on any atom is 0.200 e. The van der Waals surface area contributed by atoms with E-state index in [1.165, 1.54) is 17.5 Å². The van der Waals surface area contributed by atoms with E-state index < -0.39 is 0 Å². The Balaban J connectivity index is 1.53. The first kappa shape index (κ1) is 19.0. The van der Waals surface area contributed by atoms with Gasteiger partial charge in [-0.05, 0) is 43.1 Å². The molecule has 3 aliphatic heterocycles. The number of piperidine rings is 1. The van der Waals surface area contributed by atoms with Crippen LogP contribution in [0.5, 0.6) is 5.75 Å². The molecule has 3 aliphatic rings. The Kier molecular flexibility index (Phi) is 4.79. The molecular weight excluding hydrogens is 382 g/mol. The number of nitrogens with zero attached hydrogens (tertiary/aromatic N) is 3. The van der Waals surface area contributed by atoms with Gasteiger partial charge in [-0.15, -0.1) is 0 Å². The molecule has 5 heteroatoms. The minimum atomic E-state index is -0.345. The summed E-state index contributed by atoms with van der Waals surface area (Å²) in [6.45, 7) is 7.69. The van der Waals surface area contributed by atoms with Crippen molar-refractivity contribution in [2.75, 3.05) is 19.6 Å². The van der Waals surface area contributed by atoms with Crippen LogP contribution in [0.2, 0.25) is 5.02 Å². The summed E-state index contributed by atoms with van der Waals surface area (Å²) in [7, 11) is 0. The first-order chi connectivity index (χ1) is 14.1. The predicted octanol–water partition coefficient (Wildman–Crippen LogP) is 5.39. The highest BCUT2D eigenvalue weighted by molar-refractivity contribution is 6.30. The standard InChI is InChI=1S/C24H28ClN3O/c1-3-13-27-14-11-24(12-15-27)28-22(20-6-4-5-17(2)23(20)29-24)16-21(26-28)18-7-9-19(25)10-8-18/h4-10,22H,3,11-16H2,1-2H3/t22-/m0/s1. The van der Waals surface area contributed by atoms with Gasteiger partial charge in [-0.2, -0.15) is 5.10 Å². The molecule has 0 bridgehead atoms. The topological polar surface area (TPSA) is 28.1 Å². The van der Waals surface area contributed by atoms with Crippen molar-refractivity contribution >= 4 is 17.3 Å². The van der Waals surface area contributed by atoms with Gasteiger partial charge in [0.15, 0.2) is 0 Å². The van der Waals surface area contributed by atoms with Crippen LogP contribution in [0.25, 0.3) is 0 Å². The molecule has 0 amide bonds. The molecule has 0 aromatic heterocycles. The fourth-order valence-electron chi connectivity index (χ4n) is 5.03. The molecule has 1 saturated heterocycles. The van der Waals surface area contributed by atoms with Crippen molar-refractivity contribution in [1.29, 1.82) is 0 Å². The summed E-state index contributed by atoms with van der Waals surface area (Å²) in [6.07, 6.45) is 4.06. The summed E-state index contributed by atoms with van der Waals surface area (Å²) in [4.78, 5) is 2.55. The van der Waals surface area contributed by atoms with Crippen LogP contribution in [0.1, 0.15) is 55.3 Å². The van der Waals surface area contributed by atoms with Gasteiger partial charge in [-0.3, -0.25) is 0 Å². The fraction of sp³-hybridized carbons (Fsp3) is 0.458. The zero-order valence-corrected chi connectivity index (χ0v) is 18.0. The van der Waals surface area contributed by atoms with Crippen molar-refractivity contribution in [3.05, 3.63) is 64.2 Å². The van der Waals surface area contributed by atoms with Crippen molar-refractivity contribution in [3.8, 4) is 5.75 Å². The molecule has 1 atom stereocenters. The fourth-order valence-corrected chi connectivity index (χ4v) is 5.16. The molecule has 0 saturated carbocycles. The number of para-hydroxylation sites is 1. The molecular formula is C24H28ClN3O. The number of benzene rings is 2. The number of hydrazone groups is 1. The molecule has 1 spiro atoms. The average Bonchev–Trinajstić information content (AvgIpc) is 3.18. The molecule has 1 fully saturated rings. The lowest BCUT2D eigenvalue weighted by Crippen LogP contribution is -2.59. The highest BCUT2D eigenvalue weighted by Crippen LogP contribution is 2.50. The third kappa shape index (κ3) is 3.23. The maximum atomic E-state index is 6.81. The number of halogens is 1. The normalized spacial score (nSPS) is 22.8. The summed E-state index contributed by atoms with van der Waals surface area (Å²) in [5, 5.41) is 8.20. The minimum absolute atomic E-state index is 0.238. The van der Waals surface area contributed by atoms with E-state index in [-0.39, 0.29) is 11.8 Å². The smallest absolute Gasteiger partial charge is 0.200 e. The quantitative estimate of drug-likeness (QED) is 0.679. The van der Waals surface area contributed by atoms with E-state index in [1.807, 2.05) is 12.1 Å². The van der Waals surface area contributed by atoms with E-state index in [0.29, 0.717) is 0 Å². The number of hydrogen-bond acceptors (Lipinski definition) is 4. The molecule has 4 nitrogen and oxygen atoms in total. The van der Waals surface area contributed by atoms with E-state index in [0.717, 1.165) is 60.9 Å². The highest BCUT2D eigenvalue weighted by Gasteiger charge is 2.52. The number of hydrogen-bond donors (Lipinski definition) is 0. The summed E-state index contributed by atoms with van der Waals surface area (Å²) in [5.74, 6) is 1.07. The van der Waals surface area contributed by atoms with Gasteiger partial charge in [0.25, 0.3) is 0 Å². The van der Waals surface area contributed by atoms with E-state index in [9.17, 15) is 0 Å². The third-order valence-corrected chi connectivity index (χ3v) is 6.83. The second-order valence-electron chi connectivity index (χ2n) is 8.50. The second kappa shape index (κ2) is 7.33. The Hall–Kier alpha value is -2.04. The van der Waals surface area contributed by atoms with E-state index in [4.69, 9.17) is 21.4 Å². The molecule has 0 radical (unpaired) electrons. The Bertz CT molecular complexity index is 932. The van der Waals surface area contributed by atoms with Gasteiger partial charge in [0.05, 0.1) is 11.8 Å². The maximum absolute atomic E-state index is 6.81. The molecule has 2 aromatic carbocycles. The van der Waals surface area contributed by atoms with Crippen molar-refractivity contribution in [2.24, 2.45) is 5.10 Å². The van der Waals surface area contributed by atoms with Crippen LogP contribution in [0.15, 0.2) is 47.6 Å². The van der Waals surface area contributed by atoms with Crippen LogP contribution in [0.3, 0.4) is 0 Å². The van der Waals surface area contributed by atoms with Gasteiger partial charge >= 0.3 is 0 Å². The average molecular weight is 410 g/mol. The van der Waals surface area contributed by atoms with Crippen molar-refractivity contribution in [1.82, 2.24) is 9.91 Å². The van der Waals surface area contributed by atoms with Crippen LogP contribution in [0, 0.1) is 6.92 Å². The first-order valence-corrected chi connectivity index (χ1v) is 11.1. The predicted molar refractivity (Wildman–Crippen MR) is 118 cm³/mol. The van der Waals surface area contributed by atoms with Gasteiger partial charge < -0.3 is 9.64 Å². The Morgan fingerprint density at radius 3 is 2.62 bits per heavy atom. The molecule has 5 rings (SSSR count).